The highest BCUT2D eigenvalue weighted by molar-refractivity contribution is 7.99. The van der Waals surface area contributed by atoms with Crippen molar-refractivity contribution in [3.63, 3.8) is 0 Å². The van der Waals surface area contributed by atoms with Gasteiger partial charge in [-0.15, -0.1) is 11.8 Å². The first kappa shape index (κ1) is 12.9. The second kappa shape index (κ2) is 6.43. The summed E-state index contributed by atoms with van der Waals surface area (Å²) in [5.74, 6) is 1.01. The quantitative estimate of drug-likeness (QED) is 0.753. The molecule has 1 aliphatic rings. The van der Waals surface area contributed by atoms with Gasteiger partial charge in [-0.25, -0.2) is 0 Å². The zero-order valence-corrected chi connectivity index (χ0v) is 11.4. The Bertz CT molecular complexity index is 352. The fourth-order valence-corrected chi connectivity index (χ4v) is 2.55. The highest BCUT2D eigenvalue weighted by atomic mass is 32.2. The van der Waals surface area contributed by atoms with Crippen molar-refractivity contribution in [1.82, 2.24) is 5.32 Å². The van der Waals surface area contributed by atoms with E-state index in [1.165, 1.54) is 23.3 Å². The summed E-state index contributed by atoms with van der Waals surface area (Å²) in [4.78, 5) is 1.34. The van der Waals surface area contributed by atoms with Crippen LogP contribution in [0.15, 0.2) is 29.2 Å². The Morgan fingerprint density at radius 3 is 3.00 bits per heavy atom. The summed E-state index contributed by atoms with van der Waals surface area (Å²) in [6, 6.07) is 9.57. The molecule has 0 aliphatic heterocycles. The molecule has 0 bridgehead atoms. The molecular formula is C14H21NOS. The van der Waals surface area contributed by atoms with E-state index in [1.54, 1.807) is 7.11 Å². The minimum atomic E-state index is 0.313. The lowest BCUT2D eigenvalue weighted by Crippen LogP contribution is -2.15. The van der Waals surface area contributed by atoms with Crippen molar-refractivity contribution in [3.05, 3.63) is 29.8 Å². The van der Waals surface area contributed by atoms with Crippen molar-refractivity contribution in [1.29, 1.82) is 0 Å². The molecule has 1 N–H and O–H groups in total. The van der Waals surface area contributed by atoms with E-state index in [1.807, 2.05) is 11.8 Å². The molecule has 0 radical (unpaired) electrons. The minimum absolute atomic E-state index is 0.313. The van der Waals surface area contributed by atoms with E-state index in [0.29, 0.717) is 6.10 Å². The van der Waals surface area contributed by atoms with Crippen molar-refractivity contribution in [3.8, 4) is 0 Å². The van der Waals surface area contributed by atoms with Crippen LogP contribution in [-0.2, 0) is 11.3 Å². The average Bonchev–Trinajstić information content (AvgIpc) is 3.18. The molecule has 1 fully saturated rings. The number of ether oxygens (including phenoxy) is 1. The predicted molar refractivity (Wildman–Crippen MR) is 73.5 cm³/mol. The number of thioether (sulfide) groups is 1. The molecule has 0 aromatic heterocycles. The second-order valence-corrected chi connectivity index (χ2v) is 5.75. The second-order valence-electron chi connectivity index (χ2n) is 4.66. The standard InChI is InChI=1S/C14H21NOS/c1-11(16-2)10-17-14-5-3-4-12(8-14)9-15-13-6-7-13/h3-5,8,11,13,15H,6-7,9-10H2,1-2H3. The zero-order chi connectivity index (χ0) is 12.1. The number of hydrogen-bond acceptors (Lipinski definition) is 3. The highest BCUT2D eigenvalue weighted by Gasteiger charge is 2.19. The SMILES string of the molecule is COC(C)CSc1cccc(CNC2CC2)c1. The molecule has 2 nitrogen and oxygen atoms in total. The Hall–Kier alpha value is -0.510. The van der Waals surface area contributed by atoms with E-state index in [2.05, 4.69) is 36.5 Å². The van der Waals surface area contributed by atoms with Crippen LogP contribution in [-0.4, -0.2) is 25.0 Å². The highest BCUT2D eigenvalue weighted by Crippen LogP contribution is 2.22. The van der Waals surface area contributed by atoms with Crippen molar-refractivity contribution in [2.24, 2.45) is 0 Å². The summed E-state index contributed by atoms with van der Waals surface area (Å²) in [7, 11) is 1.77. The fraction of sp³-hybridized carbons (Fsp3) is 0.571. The predicted octanol–water partition coefficient (Wildman–Crippen LogP) is 3.07. The van der Waals surface area contributed by atoms with Crippen molar-refractivity contribution >= 4 is 11.8 Å². The summed E-state index contributed by atoms with van der Waals surface area (Å²) >= 11 is 1.86. The van der Waals surface area contributed by atoms with Crippen LogP contribution in [0.4, 0.5) is 0 Å². The molecule has 17 heavy (non-hydrogen) atoms. The van der Waals surface area contributed by atoms with Crippen LogP contribution < -0.4 is 5.32 Å². The number of methoxy groups -OCH3 is 1. The Balaban J connectivity index is 1.82. The zero-order valence-electron chi connectivity index (χ0n) is 10.6. The summed E-state index contributed by atoms with van der Waals surface area (Å²) in [5.41, 5.74) is 1.38. The van der Waals surface area contributed by atoms with Gasteiger partial charge in [0.2, 0.25) is 0 Å². The molecule has 2 rings (SSSR count). The van der Waals surface area contributed by atoms with Crippen LogP contribution in [0.3, 0.4) is 0 Å². The van der Waals surface area contributed by atoms with E-state index in [4.69, 9.17) is 4.74 Å². The van der Waals surface area contributed by atoms with Gasteiger partial charge in [0.15, 0.2) is 0 Å². The average molecular weight is 251 g/mol. The van der Waals surface area contributed by atoms with Crippen molar-refractivity contribution in [2.75, 3.05) is 12.9 Å². The third kappa shape index (κ3) is 4.70. The third-order valence-electron chi connectivity index (χ3n) is 2.96. The van der Waals surface area contributed by atoms with E-state index in [9.17, 15) is 0 Å². The molecule has 1 aromatic rings. The van der Waals surface area contributed by atoms with Gasteiger partial charge < -0.3 is 10.1 Å². The van der Waals surface area contributed by atoms with E-state index in [0.717, 1.165) is 18.3 Å². The van der Waals surface area contributed by atoms with Gasteiger partial charge in [-0.1, -0.05) is 12.1 Å². The lowest BCUT2D eigenvalue weighted by molar-refractivity contribution is 0.138. The van der Waals surface area contributed by atoms with Gasteiger partial charge in [-0.05, 0) is 37.5 Å². The van der Waals surface area contributed by atoms with E-state index in [-0.39, 0.29) is 0 Å². The van der Waals surface area contributed by atoms with Gasteiger partial charge in [0.25, 0.3) is 0 Å². The van der Waals surface area contributed by atoms with Gasteiger partial charge in [0, 0.05) is 30.3 Å². The van der Waals surface area contributed by atoms with Crippen molar-refractivity contribution < 1.29 is 4.74 Å². The van der Waals surface area contributed by atoms with Crippen LogP contribution in [0.25, 0.3) is 0 Å². The number of nitrogens with one attached hydrogen (secondary N) is 1. The Labute approximate surface area is 108 Å². The topological polar surface area (TPSA) is 21.3 Å². The molecule has 0 amide bonds. The lowest BCUT2D eigenvalue weighted by atomic mass is 10.2. The Kier molecular flexibility index (Phi) is 4.89. The number of hydrogen-bond donors (Lipinski definition) is 1. The molecule has 1 unspecified atom stereocenters. The molecule has 0 saturated heterocycles. The van der Waals surface area contributed by atoms with Crippen LogP contribution >= 0.6 is 11.8 Å². The summed E-state index contributed by atoms with van der Waals surface area (Å²) in [6.45, 7) is 3.10. The fourth-order valence-electron chi connectivity index (χ4n) is 1.58. The summed E-state index contributed by atoms with van der Waals surface area (Å²) in [5, 5.41) is 3.54. The maximum absolute atomic E-state index is 5.26. The normalized spacial score (nSPS) is 17.1. The monoisotopic (exact) mass is 251 g/mol. The number of benzene rings is 1. The van der Waals surface area contributed by atoms with Crippen LogP contribution in [0, 0.1) is 0 Å². The Morgan fingerprint density at radius 1 is 1.47 bits per heavy atom. The Morgan fingerprint density at radius 2 is 2.29 bits per heavy atom. The first-order valence-electron chi connectivity index (χ1n) is 6.26. The maximum atomic E-state index is 5.26. The molecule has 3 heteroatoms. The maximum Gasteiger partial charge on any atom is 0.0637 e. The first-order valence-corrected chi connectivity index (χ1v) is 7.24. The van der Waals surface area contributed by atoms with Crippen LogP contribution in [0.2, 0.25) is 0 Å². The summed E-state index contributed by atoms with van der Waals surface area (Å²) in [6.07, 6.45) is 3.01. The van der Waals surface area contributed by atoms with Crippen molar-refractivity contribution in [2.45, 2.75) is 43.4 Å². The van der Waals surface area contributed by atoms with Crippen LogP contribution in [0.1, 0.15) is 25.3 Å². The van der Waals surface area contributed by atoms with Gasteiger partial charge in [-0.3, -0.25) is 0 Å². The molecule has 1 saturated carbocycles. The van der Waals surface area contributed by atoms with Crippen LogP contribution in [0.5, 0.6) is 0 Å². The van der Waals surface area contributed by atoms with Gasteiger partial charge >= 0.3 is 0 Å². The first-order chi connectivity index (χ1) is 8.28. The number of rotatable bonds is 7. The molecule has 1 aromatic carbocycles. The molecule has 1 aliphatic carbocycles. The summed E-state index contributed by atoms with van der Waals surface area (Å²) < 4.78 is 5.26. The van der Waals surface area contributed by atoms with Gasteiger partial charge in [-0.2, -0.15) is 0 Å². The molecule has 0 spiro atoms. The van der Waals surface area contributed by atoms with Gasteiger partial charge in [0.05, 0.1) is 6.10 Å². The largest absolute Gasteiger partial charge is 0.381 e. The lowest BCUT2D eigenvalue weighted by Gasteiger charge is -2.10. The van der Waals surface area contributed by atoms with Gasteiger partial charge in [0.1, 0.15) is 0 Å². The van der Waals surface area contributed by atoms with E-state index >= 15 is 0 Å². The third-order valence-corrected chi connectivity index (χ3v) is 4.18. The minimum Gasteiger partial charge on any atom is -0.381 e. The molecule has 94 valence electrons. The molecular weight excluding hydrogens is 230 g/mol. The molecule has 0 heterocycles. The smallest absolute Gasteiger partial charge is 0.0637 e. The van der Waals surface area contributed by atoms with E-state index < -0.39 is 0 Å². The molecule has 1 atom stereocenters.